The van der Waals surface area contributed by atoms with Crippen molar-refractivity contribution in [3.8, 4) is 0 Å². The molecule has 0 amide bonds. The molecule has 0 saturated carbocycles. The van der Waals surface area contributed by atoms with E-state index in [1.807, 2.05) is 0 Å². The quantitative estimate of drug-likeness (QED) is 0.249. The van der Waals surface area contributed by atoms with Gasteiger partial charge in [-0.1, -0.05) is 60.5 Å². The zero-order valence-corrected chi connectivity index (χ0v) is 26.7. The van der Waals surface area contributed by atoms with E-state index in [0.717, 1.165) is 18.5 Å². The third-order valence-corrected chi connectivity index (χ3v) is 17.2. The number of Topliss-reactive ketones (excluding diaryl/α,β-unsaturated/α-hetero) is 1. The second kappa shape index (κ2) is 12.4. The Labute approximate surface area is 226 Å². The van der Waals surface area contributed by atoms with Gasteiger partial charge < -0.3 is 13.7 Å². The molecule has 1 aliphatic rings. The molecule has 2 rings (SSSR count). The van der Waals surface area contributed by atoms with Crippen LogP contribution in [-0.4, -0.2) is 58.0 Å². The molecule has 37 heavy (non-hydrogen) atoms. The van der Waals surface area contributed by atoms with E-state index in [1.54, 1.807) is 6.07 Å². The number of ketones is 1. The van der Waals surface area contributed by atoms with Gasteiger partial charge in [0, 0.05) is 31.3 Å². The van der Waals surface area contributed by atoms with Gasteiger partial charge in [0.05, 0.1) is 17.9 Å². The van der Waals surface area contributed by atoms with Gasteiger partial charge in [-0.3, -0.25) is 4.79 Å². The van der Waals surface area contributed by atoms with Gasteiger partial charge in [0.1, 0.15) is 10.5 Å². The maximum absolute atomic E-state index is 13.2. The minimum absolute atomic E-state index is 0.00955. The lowest BCUT2D eigenvalue weighted by Crippen LogP contribution is -2.49. The van der Waals surface area contributed by atoms with Crippen molar-refractivity contribution in [1.82, 2.24) is 5.16 Å². The number of nitrogens with zero attached hydrogens (tertiary/aromatic N) is 1. The van der Waals surface area contributed by atoms with E-state index >= 15 is 0 Å². The fourth-order valence-corrected chi connectivity index (χ4v) is 12.9. The van der Waals surface area contributed by atoms with Crippen LogP contribution in [0.25, 0.3) is 0 Å². The lowest BCUT2D eigenvalue weighted by Gasteiger charge is -2.43. The van der Waals surface area contributed by atoms with Crippen LogP contribution in [0.5, 0.6) is 0 Å². The van der Waals surface area contributed by atoms with Crippen molar-refractivity contribution in [3.63, 3.8) is 0 Å². The minimum atomic E-state index is -3.62. The standard InChI is InChI=1S/C28H51NO6SSi/c1-20(2)37(21(3)4,22(5)6)34-19-27(7,8)25-17-24(35-29-25)18-26(30)28(9,10)36(31,32)16-13-23-11-14-33-15-12-23/h17,20-23H,11-16,18-19H2,1-10H3. The number of carbonyl (C=O) groups is 1. The molecule has 214 valence electrons. The highest BCUT2D eigenvalue weighted by molar-refractivity contribution is 7.93. The Morgan fingerprint density at radius 1 is 1.05 bits per heavy atom. The summed E-state index contributed by atoms with van der Waals surface area (Å²) in [6, 6.07) is 1.79. The molecule has 1 aliphatic heterocycles. The molecule has 0 N–H and O–H groups in total. The van der Waals surface area contributed by atoms with Crippen LogP contribution in [0, 0.1) is 5.92 Å². The Morgan fingerprint density at radius 2 is 1.59 bits per heavy atom. The fraction of sp³-hybridized carbons (Fsp3) is 0.857. The van der Waals surface area contributed by atoms with E-state index in [1.165, 1.54) is 13.8 Å². The smallest absolute Gasteiger partial charge is 0.200 e. The minimum Gasteiger partial charge on any atom is -0.415 e. The first-order valence-corrected chi connectivity index (χ1v) is 17.7. The van der Waals surface area contributed by atoms with Gasteiger partial charge in [-0.25, -0.2) is 8.42 Å². The van der Waals surface area contributed by atoms with E-state index < -0.39 is 28.3 Å². The Balaban J connectivity index is 2.08. The van der Waals surface area contributed by atoms with Gasteiger partial charge >= 0.3 is 0 Å². The summed E-state index contributed by atoms with van der Waals surface area (Å²) in [7, 11) is -5.66. The molecule has 1 fully saturated rings. The Kier molecular flexibility index (Phi) is 10.8. The lowest BCUT2D eigenvalue weighted by molar-refractivity contribution is -0.120. The number of rotatable bonds is 14. The summed E-state index contributed by atoms with van der Waals surface area (Å²) in [5.41, 5.74) is 1.74. The fourth-order valence-electron chi connectivity index (χ4n) is 5.75. The van der Waals surface area contributed by atoms with Crippen molar-refractivity contribution in [1.29, 1.82) is 0 Å². The zero-order valence-electron chi connectivity index (χ0n) is 24.8. The third-order valence-electron chi connectivity index (χ3n) is 8.56. The Morgan fingerprint density at radius 3 is 2.11 bits per heavy atom. The average molecular weight is 558 g/mol. The van der Waals surface area contributed by atoms with E-state index in [-0.39, 0.29) is 18.0 Å². The van der Waals surface area contributed by atoms with Crippen molar-refractivity contribution in [3.05, 3.63) is 17.5 Å². The van der Waals surface area contributed by atoms with Crippen molar-refractivity contribution >= 4 is 23.9 Å². The number of hydrogen-bond donors (Lipinski definition) is 0. The first-order valence-electron chi connectivity index (χ1n) is 13.9. The molecule has 0 atom stereocenters. The molecule has 1 aromatic heterocycles. The SMILES string of the molecule is CC(C)[Si](OCC(C)(C)c1cc(CC(=O)C(C)(C)S(=O)(=O)CCC2CCOCC2)on1)(C(C)C)C(C)C. The molecule has 1 saturated heterocycles. The van der Waals surface area contributed by atoms with Crippen LogP contribution in [0.2, 0.25) is 16.6 Å². The predicted octanol–water partition coefficient (Wildman–Crippen LogP) is 6.27. The van der Waals surface area contributed by atoms with E-state index in [0.29, 0.717) is 54.5 Å². The number of sulfone groups is 1. The topological polar surface area (TPSA) is 95.7 Å². The number of ether oxygens (including phenoxy) is 1. The second-order valence-corrected chi connectivity index (χ2v) is 21.1. The van der Waals surface area contributed by atoms with Gasteiger partial charge in [0.2, 0.25) is 0 Å². The van der Waals surface area contributed by atoms with E-state index in [9.17, 15) is 13.2 Å². The van der Waals surface area contributed by atoms with E-state index in [2.05, 4.69) is 60.5 Å². The predicted molar refractivity (Wildman–Crippen MR) is 151 cm³/mol. The lowest BCUT2D eigenvalue weighted by atomic mass is 9.90. The summed E-state index contributed by atoms with van der Waals surface area (Å²) in [5, 5.41) is 4.26. The largest absolute Gasteiger partial charge is 0.415 e. The molecule has 9 heteroatoms. The van der Waals surface area contributed by atoms with Crippen LogP contribution < -0.4 is 0 Å². The first-order chi connectivity index (χ1) is 17.0. The molecule has 0 unspecified atom stereocenters. The summed E-state index contributed by atoms with van der Waals surface area (Å²) >= 11 is 0. The summed E-state index contributed by atoms with van der Waals surface area (Å²) in [6.45, 7) is 22.6. The van der Waals surface area contributed by atoms with Gasteiger partial charge in [-0.15, -0.1) is 0 Å². The highest BCUT2D eigenvalue weighted by Crippen LogP contribution is 2.43. The normalized spacial score (nSPS) is 16.8. The molecule has 0 aliphatic carbocycles. The van der Waals surface area contributed by atoms with Crippen LogP contribution in [0.4, 0.5) is 0 Å². The summed E-state index contributed by atoms with van der Waals surface area (Å²) in [6.07, 6.45) is 2.21. The van der Waals surface area contributed by atoms with Gasteiger partial charge in [-0.2, -0.15) is 0 Å². The first kappa shape index (κ1) is 32.2. The van der Waals surface area contributed by atoms with E-state index in [4.69, 9.17) is 13.7 Å². The van der Waals surface area contributed by atoms with Crippen LogP contribution in [0.15, 0.2) is 10.6 Å². The zero-order chi connectivity index (χ0) is 28.2. The molecule has 0 spiro atoms. The summed E-state index contributed by atoms with van der Waals surface area (Å²) in [5.74, 6) is 0.359. The van der Waals surface area contributed by atoms with Gasteiger partial charge in [0.25, 0.3) is 0 Å². The van der Waals surface area contributed by atoms with Crippen LogP contribution in [0.1, 0.15) is 100.0 Å². The van der Waals surface area contributed by atoms with Crippen LogP contribution in [0.3, 0.4) is 0 Å². The molecular weight excluding hydrogens is 506 g/mol. The monoisotopic (exact) mass is 557 g/mol. The molecule has 0 radical (unpaired) electrons. The van der Waals surface area contributed by atoms with Crippen LogP contribution >= 0.6 is 0 Å². The maximum Gasteiger partial charge on any atom is 0.200 e. The third kappa shape index (κ3) is 7.34. The molecule has 2 heterocycles. The van der Waals surface area contributed by atoms with Crippen molar-refractivity contribution in [2.45, 2.75) is 122 Å². The highest BCUT2D eigenvalue weighted by Gasteiger charge is 2.46. The Hall–Kier alpha value is -1.03. The number of hydrogen-bond acceptors (Lipinski definition) is 7. The summed E-state index contributed by atoms with van der Waals surface area (Å²) < 4.78 is 42.5. The van der Waals surface area contributed by atoms with Crippen molar-refractivity contribution in [2.75, 3.05) is 25.6 Å². The van der Waals surface area contributed by atoms with Crippen molar-refractivity contribution < 1.29 is 26.9 Å². The molecule has 0 aromatic carbocycles. The molecule has 0 bridgehead atoms. The maximum atomic E-state index is 13.2. The van der Waals surface area contributed by atoms with Crippen molar-refractivity contribution in [2.24, 2.45) is 5.92 Å². The number of carbonyl (C=O) groups excluding carboxylic acids is 1. The highest BCUT2D eigenvalue weighted by atomic mass is 32.2. The van der Waals surface area contributed by atoms with Gasteiger partial charge in [-0.05, 0) is 55.7 Å². The molecule has 7 nitrogen and oxygen atoms in total. The number of aromatic nitrogens is 1. The van der Waals surface area contributed by atoms with Crippen LogP contribution in [-0.2, 0) is 35.6 Å². The summed E-state index contributed by atoms with van der Waals surface area (Å²) in [4.78, 5) is 13.2. The molecule has 1 aromatic rings. The Bertz CT molecular complexity index is 968. The second-order valence-electron chi connectivity index (χ2n) is 12.9. The van der Waals surface area contributed by atoms with Gasteiger partial charge in [0.15, 0.2) is 23.9 Å². The average Bonchev–Trinajstić information content (AvgIpc) is 3.27. The molecular formula is C28H51NO6SSi.